The summed E-state index contributed by atoms with van der Waals surface area (Å²) in [6.45, 7) is 0. The van der Waals surface area contributed by atoms with Crippen molar-refractivity contribution in [3.8, 4) is 11.5 Å². The molecule has 0 aliphatic carbocycles. The lowest BCUT2D eigenvalue weighted by molar-refractivity contribution is 0.310. The predicted octanol–water partition coefficient (Wildman–Crippen LogP) is 3.53. The van der Waals surface area contributed by atoms with Gasteiger partial charge >= 0.3 is 0 Å². The first-order valence-electron chi connectivity index (χ1n) is 7.16. The van der Waals surface area contributed by atoms with Crippen LogP contribution in [0.4, 0.5) is 23.0 Å². The summed E-state index contributed by atoms with van der Waals surface area (Å²) >= 11 is 0. The molecular weight excluding hydrogens is 324 g/mol. The predicted molar refractivity (Wildman–Crippen MR) is 91.2 cm³/mol. The number of methoxy groups -OCH3 is 1. The standard InChI is InChI=1S/C16H14N6O3/c1-24-13-5-2-11(3-6-13)18-9-10-8-12(4-7-14(10)23)19-20-16-15(17)21-25-22-16/h2-9,23H,1H3,(H2,17,21). The van der Waals surface area contributed by atoms with Gasteiger partial charge in [0.05, 0.1) is 18.5 Å². The Morgan fingerprint density at radius 2 is 1.84 bits per heavy atom. The Labute approximate surface area is 142 Å². The number of nitrogen functional groups attached to an aromatic ring is 1. The molecule has 0 bridgehead atoms. The van der Waals surface area contributed by atoms with Crippen LogP contribution in [-0.4, -0.2) is 28.7 Å². The molecule has 3 rings (SSSR count). The van der Waals surface area contributed by atoms with E-state index in [1.165, 1.54) is 12.3 Å². The Morgan fingerprint density at radius 1 is 1.08 bits per heavy atom. The van der Waals surface area contributed by atoms with Crippen molar-refractivity contribution in [3.05, 3.63) is 48.0 Å². The Balaban J connectivity index is 1.80. The number of hydrogen-bond acceptors (Lipinski definition) is 9. The first kappa shape index (κ1) is 16.1. The van der Waals surface area contributed by atoms with E-state index in [1.807, 2.05) is 0 Å². The van der Waals surface area contributed by atoms with E-state index in [0.717, 1.165) is 5.75 Å². The summed E-state index contributed by atoms with van der Waals surface area (Å²) in [6, 6.07) is 11.9. The fraction of sp³-hybridized carbons (Fsp3) is 0.0625. The summed E-state index contributed by atoms with van der Waals surface area (Å²) in [5, 5.41) is 24.7. The molecule has 0 atom stereocenters. The lowest BCUT2D eigenvalue weighted by Gasteiger charge is -2.01. The van der Waals surface area contributed by atoms with Crippen molar-refractivity contribution in [2.24, 2.45) is 15.2 Å². The molecule has 0 spiro atoms. The fourth-order valence-corrected chi connectivity index (χ4v) is 1.89. The van der Waals surface area contributed by atoms with Crippen molar-refractivity contribution >= 4 is 29.2 Å². The van der Waals surface area contributed by atoms with Gasteiger partial charge in [-0.25, -0.2) is 4.63 Å². The molecule has 2 aromatic carbocycles. The van der Waals surface area contributed by atoms with E-state index >= 15 is 0 Å². The maximum absolute atomic E-state index is 9.95. The highest BCUT2D eigenvalue weighted by Crippen LogP contribution is 2.25. The average Bonchev–Trinajstić information content (AvgIpc) is 3.05. The Hall–Kier alpha value is -3.75. The molecular formula is C16H14N6O3. The molecule has 9 nitrogen and oxygen atoms in total. The lowest BCUT2D eigenvalue weighted by atomic mass is 10.2. The third-order valence-electron chi connectivity index (χ3n) is 3.19. The van der Waals surface area contributed by atoms with E-state index in [-0.39, 0.29) is 17.4 Å². The molecule has 25 heavy (non-hydrogen) atoms. The highest BCUT2D eigenvalue weighted by Gasteiger charge is 2.05. The zero-order valence-corrected chi connectivity index (χ0v) is 13.2. The highest BCUT2D eigenvalue weighted by molar-refractivity contribution is 5.86. The number of phenolic OH excluding ortho intramolecular Hbond substituents is 1. The van der Waals surface area contributed by atoms with E-state index in [2.05, 4.69) is 30.2 Å². The Morgan fingerprint density at radius 3 is 2.52 bits per heavy atom. The molecule has 0 aliphatic heterocycles. The number of azo groups is 1. The van der Waals surface area contributed by atoms with Crippen LogP contribution in [-0.2, 0) is 0 Å². The third kappa shape index (κ3) is 3.96. The Kier molecular flexibility index (Phi) is 4.65. The number of ether oxygens (including phenoxy) is 1. The van der Waals surface area contributed by atoms with E-state index in [0.29, 0.717) is 16.9 Å². The van der Waals surface area contributed by atoms with Crippen LogP contribution < -0.4 is 10.5 Å². The number of aromatic hydroxyl groups is 1. The quantitative estimate of drug-likeness (QED) is 0.540. The van der Waals surface area contributed by atoms with Gasteiger partial charge in [-0.1, -0.05) is 0 Å². The number of aliphatic imine (C=N–C) groups is 1. The number of nitrogens with zero attached hydrogens (tertiary/aromatic N) is 5. The lowest BCUT2D eigenvalue weighted by Crippen LogP contribution is -1.83. The minimum atomic E-state index is 0.0452. The molecule has 3 N–H and O–H groups in total. The zero-order chi connectivity index (χ0) is 17.6. The normalized spacial score (nSPS) is 11.4. The molecule has 126 valence electrons. The molecule has 0 radical (unpaired) electrons. The largest absolute Gasteiger partial charge is 0.507 e. The highest BCUT2D eigenvalue weighted by atomic mass is 16.6. The van der Waals surface area contributed by atoms with E-state index in [9.17, 15) is 5.11 Å². The summed E-state index contributed by atoms with van der Waals surface area (Å²) < 4.78 is 9.52. The zero-order valence-electron chi connectivity index (χ0n) is 13.2. The molecule has 1 heterocycles. The summed E-state index contributed by atoms with van der Waals surface area (Å²) in [5.74, 6) is 0.940. The SMILES string of the molecule is COc1ccc(N=Cc2cc(N=Nc3nonc3N)ccc2O)cc1. The summed E-state index contributed by atoms with van der Waals surface area (Å²) in [7, 11) is 1.60. The van der Waals surface area contributed by atoms with Gasteiger partial charge in [0, 0.05) is 11.8 Å². The number of anilines is 1. The number of phenols is 1. The number of rotatable bonds is 5. The van der Waals surface area contributed by atoms with Gasteiger partial charge in [-0.3, -0.25) is 4.99 Å². The second-order valence-corrected chi connectivity index (χ2v) is 4.87. The monoisotopic (exact) mass is 338 g/mol. The second kappa shape index (κ2) is 7.21. The van der Waals surface area contributed by atoms with Crippen LogP contribution in [0, 0.1) is 0 Å². The topological polar surface area (TPSA) is 131 Å². The first-order chi connectivity index (χ1) is 12.2. The van der Waals surface area contributed by atoms with Crippen LogP contribution in [0.25, 0.3) is 0 Å². The number of hydrogen-bond donors (Lipinski definition) is 2. The van der Waals surface area contributed by atoms with Gasteiger partial charge in [0.25, 0.3) is 5.82 Å². The van der Waals surface area contributed by atoms with Crippen LogP contribution >= 0.6 is 0 Å². The van der Waals surface area contributed by atoms with Gasteiger partial charge in [0.15, 0.2) is 0 Å². The van der Waals surface area contributed by atoms with Crippen molar-refractivity contribution in [2.45, 2.75) is 0 Å². The van der Waals surface area contributed by atoms with Crippen LogP contribution in [0.1, 0.15) is 5.56 Å². The second-order valence-electron chi connectivity index (χ2n) is 4.87. The van der Waals surface area contributed by atoms with Gasteiger partial charge in [0.1, 0.15) is 11.5 Å². The van der Waals surface area contributed by atoms with Gasteiger partial charge in [-0.2, -0.15) is 0 Å². The smallest absolute Gasteiger partial charge is 0.261 e. The van der Waals surface area contributed by atoms with Gasteiger partial charge in [0.2, 0.25) is 5.82 Å². The Bertz CT molecular complexity index is 918. The molecule has 0 fully saturated rings. The number of benzene rings is 2. The number of nitrogens with two attached hydrogens (primary N) is 1. The van der Waals surface area contributed by atoms with Crippen LogP contribution in [0.2, 0.25) is 0 Å². The minimum Gasteiger partial charge on any atom is -0.507 e. The molecule has 0 aliphatic rings. The van der Waals surface area contributed by atoms with Crippen LogP contribution in [0.5, 0.6) is 11.5 Å². The maximum Gasteiger partial charge on any atom is 0.261 e. The molecule has 0 unspecified atom stereocenters. The molecule has 9 heteroatoms. The minimum absolute atomic E-state index is 0.0452. The maximum atomic E-state index is 9.95. The van der Waals surface area contributed by atoms with Crippen molar-refractivity contribution in [1.82, 2.24) is 10.3 Å². The number of aromatic nitrogens is 2. The van der Waals surface area contributed by atoms with Crippen molar-refractivity contribution in [3.63, 3.8) is 0 Å². The van der Waals surface area contributed by atoms with Crippen LogP contribution in [0.15, 0.2) is 62.3 Å². The molecule has 3 aromatic rings. The van der Waals surface area contributed by atoms with Crippen LogP contribution in [0.3, 0.4) is 0 Å². The van der Waals surface area contributed by atoms with Gasteiger partial charge < -0.3 is 15.6 Å². The first-order valence-corrected chi connectivity index (χ1v) is 7.16. The summed E-state index contributed by atoms with van der Waals surface area (Å²) in [5.41, 5.74) is 7.18. The van der Waals surface area contributed by atoms with Gasteiger partial charge in [-0.05, 0) is 52.8 Å². The van der Waals surface area contributed by atoms with Gasteiger partial charge in [-0.15, -0.1) is 10.2 Å². The third-order valence-corrected chi connectivity index (χ3v) is 3.19. The van der Waals surface area contributed by atoms with Crippen molar-refractivity contribution < 1.29 is 14.5 Å². The van der Waals surface area contributed by atoms with E-state index in [4.69, 9.17) is 10.5 Å². The van der Waals surface area contributed by atoms with E-state index in [1.54, 1.807) is 43.5 Å². The summed E-state index contributed by atoms with van der Waals surface area (Å²) in [6.07, 6.45) is 1.53. The van der Waals surface area contributed by atoms with E-state index < -0.39 is 0 Å². The molecule has 0 amide bonds. The van der Waals surface area contributed by atoms with Crippen molar-refractivity contribution in [2.75, 3.05) is 12.8 Å². The molecule has 1 aromatic heterocycles. The summed E-state index contributed by atoms with van der Waals surface area (Å²) in [4.78, 5) is 4.31. The van der Waals surface area contributed by atoms with Crippen molar-refractivity contribution in [1.29, 1.82) is 0 Å². The average molecular weight is 338 g/mol. The fourth-order valence-electron chi connectivity index (χ4n) is 1.89. The molecule has 0 saturated heterocycles. The molecule has 0 saturated carbocycles.